The van der Waals surface area contributed by atoms with E-state index < -0.39 is 0 Å². The second kappa shape index (κ2) is 4.66. The predicted octanol–water partition coefficient (Wildman–Crippen LogP) is 3.32. The normalized spacial score (nSPS) is 36.1. The Labute approximate surface area is 107 Å². The molecule has 0 amide bonds. The van der Waals surface area contributed by atoms with Crippen LogP contribution in [0.25, 0.3) is 0 Å². The monoisotopic (exact) mass is 284 g/mol. The van der Waals surface area contributed by atoms with Gasteiger partial charge in [-0.05, 0) is 24.7 Å². The molecule has 0 radical (unpaired) electrons. The van der Waals surface area contributed by atoms with Crippen LogP contribution in [0.2, 0.25) is 0 Å². The fourth-order valence-electron chi connectivity index (χ4n) is 3.37. The van der Waals surface area contributed by atoms with Crippen LogP contribution >= 0.6 is 15.9 Å². The summed E-state index contributed by atoms with van der Waals surface area (Å²) in [4.78, 5) is 3.02. The Bertz CT molecular complexity index is 289. The Morgan fingerprint density at radius 1 is 1.31 bits per heavy atom. The van der Waals surface area contributed by atoms with Crippen LogP contribution in [-0.2, 0) is 0 Å². The summed E-state index contributed by atoms with van der Waals surface area (Å²) in [5.74, 6) is 0. The Balaban J connectivity index is 2.17. The molecule has 2 atom stereocenters. The molecule has 2 aliphatic rings. The zero-order valence-electron chi connectivity index (χ0n) is 10.2. The van der Waals surface area contributed by atoms with E-state index in [4.69, 9.17) is 0 Å². The number of nitriles is 1. The van der Waals surface area contributed by atoms with Gasteiger partial charge in [0.2, 0.25) is 0 Å². The molecule has 1 heterocycles. The molecular formula is C13H21BrN2. The highest BCUT2D eigenvalue weighted by atomic mass is 79.9. The first kappa shape index (κ1) is 12.4. The van der Waals surface area contributed by atoms with Gasteiger partial charge in [0.15, 0.2) is 0 Å². The minimum atomic E-state index is 0.101. The van der Waals surface area contributed by atoms with Gasteiger partial charge in [0, 0.05) is 17.4 Å². The largest absolute Gasteiger partial charge is 0.283 e. The second-order valence-electron chi connectivity index (χ2n) is 5.96. The van der Waals surface area contributed by atoms with Crippen molar-refractivity contribution in [2.75, 3.05) is 6.54 Å². The molecule has 1 aliphatic heterocycles. The van der Waals surface area contributed by atoms with Crippen LogP contribution in [0.3, 0.4) is 0 Å². The highest BCUT2D eigenvalue weighted by Crippen LogP contribution is 2.40. The van der Waals surface area contributed by atoms with E-state index in [2.05, 4.69) is 40.7 Å². The zero-order chi connectivity index (χ0) is 11.8. The predicted molar refractivity (Wildman–Crippen MR) is 69.5 cm³/mol. The number of halogens is 1. The van der Waals surface area contributed by atoms with E-state index in [0.29, 0.717) is 10.9 Å². The molecule has 3 heteroatoms. The van der Waals surface area contributed by atoms with Crippen LogP contribution < -0.4 is 0 Å². The Morgan fingerprint density at radius 3 is 2.50 bits per heavy atom. The summed E-state index contributed by atoms with van der Waals surface area (Å²) in [5.41, 5.74) is 0.115. The van der Waals surface area contributed by atoms with Gasteiger partial charge in [-0.2, -0.15) is 5.26 Å². The Morgan fingerprint density at radius 2 is 1.94 bits per heavy atom. The molecule has 0 N–H and O–H groups in total. The quantitative estimate of drug-likeness (QED) is 0.691. The minimum Gasteiger partial charge on any atom is -0.283 e. The highest BCUT2D eigenvalue weighted by Gasteiger charge is 2.44. The van der Waals surface area contributed by atoms with Gasteiger partial charge in [0.05, 0.1) is 6.07 Å². The lowest BCUT2D eigenvalue weighted by atomic mass is 9.76. The van der Waals surface area contributed by atoms with E-state index in [1.165, 1.54) is 25.7 Å². The number of piperidine rings is 1. The van der Waals surface area contributed by atoms with Gasteiger partial charge < -0.3 is 0 Å². The fraction of sp³-hybridized carbons (Fsp3) is 0.923. The Kier molecular flexibility index (Phi) is 3.61. The van der Waals surface area contributed by atoms with Crippen molar-refractivity contribution in [1.29, 1.82) is 5.26 Å². The summed E-state index contributed by atoms with van der Waals surface area (Å²) in [7, 11) is 0. The van der Waals surface area contributed by atoms with E-state index in [-0.39, 0.29) is 11.5 Å². The lowest BCUT2D eigenvalue weighted by Gasteiger charge is -2.47. The van der Waals surface area contributed by atoms with Crippen molar-refractivity contribution < 1.29 is 0 Å². The van der Waals surface area contributed by atoms with Crippen molar-refractivity contribution >= 4 is 15.9 Å². The summed E-state index contributed by atoms with van der Waals surface area (Å²) in [6.07, 6.45) is 6.36. The van der Waals surface area contributed by atoms with Crippen LogP contribution in [-0.4, -0.2) is 28.4 Å². The highest BCUT2D eigenvalue weighted by molar-refractivity contribution is 9.09. The van der Waals surface area contributed by atoms with E-state index in [1.54, 1.807) is 0 Å². The van der Waals surface area contributed by atoms with Crippen molar-refractivity contribution in [3.8, 4) is 6.07 Å². The number of alkyl halides is 1. The third-order valence-corrected chi connectivity index (χ3v) is 4.76. The van der Waals surface area contributed by atoms with Crippen LogP contribution in [0, 0.1) is 16.7 Å². The summed E-state index contributed by atoms with van der Waals surface area (Å²) < 4.78 is 0. The molecule has 16 heavy (non-hydrogen) atoms. The van der Waals surface area contributed by atoms with Gasteiger partial charge in [0.1, 0.15) is 6.04 Å². The molecule has 2 nitrogen and oxygen atoms in total. The number of likely N-dealkylation sites (tertiary alicyclic amines) is 1. The first-order valence-electron chi connectivity index (χ1n) is 6.34. The average Bonchev–Trinajstić information content (AvgIpc) is 2.67. The maximum absolute atomic E-state index is 9.44. The van der Waals surface area contributed by atoms with Crippen LogP contribution in [0.15, 0.2) is 0 Å². The third kappa shape index (κ3) is 2.28. The lowest BCUT2D eigenvalue weighted by molar-refractivity contribution is 0.0439. The molecule has 1 saturated heterocycles. The van der Waals surface area contributed by atoms with Crippen molar-refractivity contribution in [3.05, 3.63) is 0 Å². The number of hydrogen-bond donors (Lipinski definition) is 0. The third-order valence-electron chi connectivity index (χ3n) is 4.14. The van der Waals surface area contributed by atoms with Crippen molar-refractivity contribution in [3.63, 3.8) is 0 Å². The van der Waals surface area contributed by atoms with Crippen LogP contribution in [0.5, 0.6) is 0 Å². The molecule has 0 aromatic heterocycles. The van der Waals surface area contributed by atoms with Gasteiger partial charge in [-0.15, -0.1) is 0 Å². The molecule has 1 saturated carbocycles. The van der Waals surface area contributed by atoms with Crippen LogP contribution in [0.1, 0.15) is 46.0 Å². The van der Waals surface area contributed by atoms with Crippen molar-refractivity contribution in [1.82, 2.24) is 4.90 Å². The van der Waals surface area contributed by atoms with Crippen molar-refractivity contribution in [2.45, 2.75) is 62.9 Å². The molecule has 0 aromatic rings. The van der Waals surface area contributed by atoms with E-state index in [0.717, 1.165) is 13.0 Å². The molecule has 0 bridgehead atoms. The lowest BCUT2D eigenvalue weighted by Crippen LogP contribution is -2.55. The van der Waals surface area contributed by atoms with E-state index in [9.17, 15) is 5.26 Å². The van der Waals surface area contributed by atoms with Gasteiger partial charge in [-0.3, -0.25) is 4.90 Å². The number of hydrogen-bond acceptors (Lipinski definition) is 2. The SMILES string of the molecule is CC1(C)C[C@H](Br)CN(C2CCCC2)[C@H]1C#N. The molecule has 2 rings (SSSR count). The average molecular weight is 285 g/mol. The molecule has 90 valence electrons. The maximum Gasteiger partial charge on any atom is 0.103 e. The van der Waals surface area contributed by atoms with Gasteiger partial charge in [-0.1, -0.05) is 42.6 Å². The first-order chi connectivity index (χ1) is 7.54. The zero-order valence-corrected chi connectivity index (χ0v) is 11.8. The molecule has 2 fully saturated rings. The fourth-order valence-corrected chi connectivity index (χ4v) is 4.54. The number of rotatable bonds is 1. The van der Waals surface area contributed by atoms with E-state index in [1.807, 2.05) is 0 Å². The topological polar surface area (TPSA) is 27.0 Å². The summed E-state index contributed by atoms with van der Waals surface area (Å²) in [6, 6.07) is 3.30. The van der Waals surface area contributed by atoms with Gasteiger partial charge in [0.25, 0.3) is 0 Å². The second-order valence-corrected chi connectivity index (χ2v) is 7.25. The molecule has 1 aliphatic carbocycles. The Hall–Kier alpha value is -0.0700. The smallest absolute Gasteiger partial charge is 0.103 e. The molecule has 0 unspecified atom stereocenters. The minimum absolute atomic E-state index is 0.101. The molecule has 0 spiro atoms. The number of nitrogens with zero attached hydrogens (tertiary/aromatic N) is 2. The van der Waals surface area contributed by atoms with Crippen molar-refractivity contribution in [2.24, 2.45) is 5.41 Å². The molecular weight excluding hydrogens is 264 g/mol. The van der Waals surface area contributed by atoms with Gasteiger partial charge >= 0.3 is 0 Å². The summed E-state index contributed by atoms with van der Waals surface area (Å²) >= 11 is 3.76. The maximum atomic E-state index is 9.44. The summed E-state index contributed by atoms with van der Waals surface area (Å²) in [6.45, 7) is 5.51. The first-order valence-corrected chi connectivity index (χ1v) is 7.25. The van der Waals surface area contributed by atoms with Crippen LogP contribution in [0.4, 0.5) is 0 Å². The summed E-state index contributed by atoms with van der Waals surface area (Å²) in [5, 5.41) is 9.44. The molecule has 0 aromatic carbocycles. The standard InChI is InChI=1S/C13H21BrN2/c1-13(2)7-10(14)9-16(12(13)8-15)11-5-3-4-6-11/h10-12H,3-7,9H2,1-2H3/t10-,12-/m0/s1. The van der Waals surface area contributed by atoms with Gasteiger partial charge in [-0.25, -0.2) is 0 Å². The van der Waals surface area contributed by atoms with E-state index >= 15 is 0 Å².